The molecule has 0 nitrogen and oxygen atoms in total. The van der Waals surface area contributed by atoms with E-state index in [2.05, 4.69) is 0 Å². The summed E-state index contributed by atoms with van der Waals surface area (Å²) in [6.07, 6.45) is 7.43. The summed E-state index contributed by atoms with van der Waals surface area (Å²) >= 11 is 0. The number of allylic oxidation sites excluding steroid dienone is 6. The molecular formula is C10H15F. The minimum atomic E-state index is -0.136. The lowest BCUT2D eigenvalue weighted by Crippen LogP contribution is -1.68. The molecule has 0 unspecified atom stereocenters. The molecule has 0 amide bonds. The van der Waals surface area contributed by atoms with Gasteiger partial charge in [-0.15, -0.1) is 0 Å². The van der Waals surface area contributed by atoms with Crippen molar-refractivity contribution in [1.29, 1.82) is 0 Å². The molecule has 62 valence electrons. The fourth-order valence-corrected chi connectivity index (χ4v) is 0.699. The van der Waals surface area contributed by atoms with E-state index in [-0.39, 0.29) is 5.83 Å². The van der Waals surface area contributed by atoms with E-state index in [4.69, 9.17) is 0 Å². The summed E-state index contributed by atoms with van der Waals surface area (Å²) in [5, 5.41) is 0. The predicted molar refractivity (Wildman–Crippen MR) is 48.1 cm³/mol. The number of hydrogen-bond donors (Lipinski definition) is 0. The van der Waals surface area contributed by atoms with Crippen molar-refractivity contribution >= 4 is 0 Å². The molecule has 0 atom stereocenters. The molecule has 0 N–H and O–H groups in total. The highest BCUT2D eigenvalue weighted by Crippen LogP contribution is 2.10. The molecule has 0 aliphatic heterocycles. The Hall–Kier alpha value is -0.850. The van der Waals surface area contributed by atoms with E-state index in [0.717, 1.165) is 6.42 Å². The summed E-state index contributed by atoms with van der Waals surface area (Å²) in [5.74, 6) is -0.136. The molecule has 0 saturated carbocycles. The molecule has 0 heterocycles. The number of rotatable bonds is 0. The molecule has 0 bridgehead atoms. The van der Waals surface area contributed by atoms with Crippen LogP contribution in [0, 0.1) is 0 Å². The Balaban J connectivity index is 0.000000461. The molecule has 0 radical (unpaired) electrons. The maximum absolute atomic E-state index is 12.4. The van der Waals surface area contributed by atoms with Gasteiger partial charge in [0.25, 0.3) is 0 Å². The number of hydrogen-bond acceptors (Lipinski definition) is 0. The molecule has 11 heavy (non-hydrogen) atoms. The molecule has 0 saturated heterocycles. The van der Waals surface area contributed by atoms with Crippen molar-refractivity contribution < 1.29 is 4.39 Å². The molecule has 0 fully saturated rings. The first-order valence-electron chi connectivity index (χ1n) is 3.98. The lowest BCUT2D eigenvalue weighted by molar-refractivity contribution is 0.663. The van der Waals surface area contributed by atoms with E-state index in [1.54, 1.807) is 12.2 Å². The van der Waals surface area contributed by atoms with Gasteiger partial charge in [-0.3, -0.25) is 0 Å². The van der Waals surface area contributed by atoms with E-state index in [1.807, 2.05) is 26.8 Å². The monoisotopic (exact) mass is 154 g/mol. The zero-order valence-electron chi connectivity index (χ0n) is 7.39. The third-order valence-corrected chi connectivity index (χ3v) is 1.26. The summed E-state index contributed by atoms with van der Waals surface area (Å²) in [4.78, 5) is 0. The van der Waals surface area contributed by atoms with Crippen LogP contribution >= 0.6 is 0 Å². The van der Waals surface area contributed by atoms with Crippen LogP contribution < -0.4 is 0 Å². The van der Waals surface area contributed by atoms with Crippen molar-refractivity contribution in [3.63, 3.8) is 0 Å². The Morgan fingerprint density at radius 2 is 2.00 bits per heavy atom. The fraction of sp³-hybridized carbons (Fsp3) is 0.400. The van der Waals surface area contributed by atoms with E-state index >= 15 is 0 Å². The van der Waals surface area contributed by atoms with Gasteiger partial charge in [-0.25, -0.2) is 4.39 Å². The van der Waals surface area contributed by atoms with E-state index < -0.39 is 0 Å². The lowest BCUT2D eigenvalue weighted by atomic mass is 10.2. The highest BCUT2D eigenvalue weighted by Gasteiger charge is 1.91. The molecule has 1 aliphatic carbocycles. The van der Waals surface area contributed by atoms with Gasteiger partial charge in [0.05, 0.1) is 0 Å². The Morgan fingerprint density at radius 3 is 2.64 bits per heavy atom. The van der Waals surface area contributed by atoms with Gasteiger partial charge < -0.3 is 0 Å². The first kappa shape index (κ1) is 10.2. The lowest BCUT2D eigenvalue weighted by Gasteiger charge is -1.87. The summed E-state index contributed by atoms with van der Waals surface area (Å²) in [5.41, 5.74) is 1.19. The predicted octanol–water partition coefficient (Wildman–Crippen LogP) is 3.77. The summed E-state index contributed by atoms with van der Waals surface area (Å²) < 4.78 is 12.4. The first-order chi connectivity index (χ1) is 5.29. The maximum Gasteiger partial charge on any atom is 0.119 e. The van der Waals surface area contributed by atoms with Crippen LogP contribution in [0.1, 0.15) is 27.2 Å². The first-order valence-corrected chi connectivity index (χ1v) is 3.98. The van der Waals surface area contributed by atoms with Crippen LogP contribution in [0.4, 0.5) is 4.39 Å². The third-order valence-electron chi connectivity index (χ3n) is 1.26. The quantitative estimate of drug-likeness (QED) is 0.498. The van der Waals surface area contributed by atoms with Gasteiger partial charge in [0.15, 0.2) is 0 Å². The molecule has 1 rings (SSSR count). The fourth-order valence-electron chi connectivity index (χ4n) is 0.699. The minimum absolute atomic E-state index is 0.136. The molecule has 0 spiro atoms. The van der Waals surface area contributed by atoms with E-state index in [1.165, 1.54) is 11.6 Å². The van der Waals surface area contributed by atoms with Crippen molar-refractivity contribution in [3.8, 4) is 0 Å². The van der Waals surface area contributed by atoms with Gasteiger partial charge in [0, 0.05) is 0 Å². The molecule has 1 heteroatoms. The molecule has 1 aliphatic rings. The summed E-state index contributed by atoms with van der Waals surface area (Å²) in [6, 6.07) is 0. The SMILES string of the molecule is CC.CC1=CC=CC(F)=CC1. The summed E-state index contributed by atoms with van der Waals surface area (Å²) in [7, 11) is 0. The van der Waals surface area contributed by atoms with Crippen LogP contribution in [0.2, 0.25) is 0 Å². The van der Waals surface area contributed by atoms with Crippen molar-refractivity contribution in [3.05, 3.63) is 35.7 Å². The second kappa shape index (κ2) is 5.90. The maximum atomic E-state index is 12.4. The Bertz CT molecular complexity index is 182. The average molecular weight is 154 g/mol. The van der Waals surface area contributed by atoms with Gasteiger partial charge in [0.1, 0.15) is 5.83 Å². The van der Waals surface area contributed by atoms with Crippen LogP contribution in [0.15, 0.2) is 35.7 Å². The van der Waals surface area contributed by atoms with Crippen LogP contribution in [0.5, 0.6) is 0 Å². The Kier molecular flexibility index (Phi) is 5.44. The largest absolute Gasteiger partial charge is 0.207 e. The summed E-state index contributed by atoms with van der Waals surface area (Å²) in [6.45, 7) is 5.99. The standard InChI is InChI=1S/C8H9F.C2H6/c1-7-3-2-4-8(9)6-5-7;1-2/h2-4,6H,5H2,1H3;1-2H3. The van der Waals surface area contributed by atoms with Gasteiger partial charge in [-0.05, 0) is 25.5 Å². The van der Waals surface area contributed by atoms with Crippen LogP contribution in [-0.4, -0.2) is 0 Å². The molecule has 0 aromatic rings. The van der Waals surface area contributed by atoms with Gasteiger partial charge in [-0.2, -0.15) is 0 Å². The van der Waals surface area contributed by atoms with Crippen LogP contribution in [0.3, 0.4) is 0 Å². The van der Waals surface area contributed by atoms with Crippen LogP contribution in [-0.2, 0) is 0 Å². The minimum Gasteiger partial charge on any atom is -0.207 e. The molecular weight excluding hydrogens is 139 g/mol. The van der Waals surface area contributed by atoms with Crippen molar-refractivity contribution in [2.45, 2.75) is 27.2 Å². The molecule has 0 aromatic heterocycles. The van der Waals surface area contributed by atoms with E-state index in [0.29, 0.717) is 0 Å². The van der Waals surface area contributed by atoms with Crippen molar-refractivity contribution in [2.24, 2.45) is 0 Å². The smallest absolute Gasteiger partial charge is 0.119 e. The normalized spacial score (nSPS) is 15.6. The third kappa shape index (κ3) is 4.54. The van der Waals surface area contributed by atoms with Crippen LogP contribution in [0.25, 0.3) is 0 Å². The van der Waals surface area contributed by atoms with Crippen molar-refractivity contribution in [1.82, 2.24) is 0 Å². The zero-order chi connectivity index (χ0) is 8.69. The van der Waals surface area contributed by atoms with Gasteiger partial charge >= 0.3 is 0 Å². The highest BCUT2D eigenvalue weighted by molar-refractivity contribution is 5.25. The second-order valence-electron chi connectivity index (χ2n) is 2.17. The van der Waals surface area contributed by atoms with Gasteiger partial charge in [-0.1, -0.05) is 31.6 Å². The number of halogens is 1. The highest BCUT2D eigenvalue weighted by atomic mass is 19.1. The van der Waals surface area contributed by atoms with Crippen molar-refractivity contribution in [2.75, 3.05) is 0 Å². The van der Waals surface area contributed by atoms with E-state index in [9.17, 15) is 4.39 Å². The Morgan fingerprint density at radius 1 is 1.36 bits per heavy atom. The topological polar surface area (TPSA) is 0 Å². The zero-order valence-corrected chi connectivity index (χ0v) is 7.39. The average Bonchev–Trinajstić information content (AvgIpc) is 2.20. The molecule has 0 aromatic carbocycles. The van der Waals surface area contributed by atoms with Gasteiger partial charge in [0.2, 0.25) is 0 Å². The second-order valence-corrected chi connectivity index (χ2v) is 2.17. The Labute approximate surface area is 68.1 Å².